The van der Waals surface area contributed by atoms with Gasteiger partial charge in [-0.2, -0.15) is 0 Å². The van der Waals surface area contributed by atoms with Gasteiger partial charge in [-0.3, -0.25) is 9.59 Å². The van der Waals surface area contributed by atoms with Crippen LogP contribution in [-0.4, -0.2) is 35.1 Å². The molecule has 0 saturated heterocycles. The molecule has 0 saturated carbocycles. The van der Waals surface area contributed by atoms with Crippen molar-refractivity contribution in [2.75, 3.05) is 6.54 Å². The van der Waals surface area contributed by atoms with Crippen LogP contribution in [0.5, 0.6) is 0 Å². The minimum atomic E-state index is -0.919. The molecule has 0 bridgehead atoms. The lowest BCUT2D eigenvalue weighted by Gasteiger charge is -2.24. The van der Waals surface area contributed by atoms with Crippen LogP contribution in [0.25, 0.3) is 0 Å². The summed E-state index contributed by atoms with van der Waals surface area (Å²) >= 11 is 0. The molecule has 0 aliphatic rings. The molecule has 0 atom stereocenters. The van der Waals surface area contributed by atoms with Gasteiger partial charge in [0.05, 0.1) is 13.0 Å². The summed E-state index contributed by atoms with van der Waals surface area (Å²) in [7, 11) is 0. The number of carbonyl (C=O) groups excluding carboxylic acids is 1. The summed E-state index contributed by atoms with van der Waals surface area (Å²) < 4.78 is 0. The van der Waals surface area contributed by atoms with E-state index in [9.17, 15) is 9.59 Å². The standard InChI is InChI=1S/C10H20N2O3/c1-7(2)11-6-8(13)12-10(3,4)5-9(14)15/h7,11H,5-6H2,1-4H3,(H,12,13)(H,14,15). The molecular formula is C10H20N2O3. The molecule has 0 unspecified atom stereocenters. The molecule has 0 aromatic heterocycles. The predicted molar refractivity (Wildman–Crippen MR) is 57.6 cm³/mol. The van der Waals surface area contributed by atoms with Gasteiger partial charge >= 0.3 is 5.97 Å². The Hall–Kier alpha value is -1.10. The summed E-state index contributed by atoms with van der Waals surface area (Å²) in [6.45, 7) is 7.47. The van der Waals surface area contributed by atoms with Gasteiger partial charge in [-0.1, -0.05) is 13.8 Å². The summed E-state index contributed by atoms with van der Waals surface area (Å²) in [4.78, 5) is 21.9. The lowest BCUT2D eigenvalue weighted by Crippen LogP contribution is -2.48. The van der Waals surface area contributed by atoms with E-state index in [1.54, 1.807) is 13.8 Å². The number of hydrogen-bond donors (Lipinski definition) is 3. The molecule has 5 heteroatoms. The molecule has 0 rings (SSSR count). The number of rotatable bonds is 6. The average molecular weight is 216 g/mol. The molecule has 0 spiro atoms. The maximum absolute atomic E-state index is 11.4. The van der Waals surface area contributed by atoms with E-state index < -0.39 is 11.5 Å². The van der Waals surface area contributed by atoms with E-state index in [4.69, 9.17) is 5.11 Å². The Morgan fingerprint density at radius 1 is 1.33 bits per heavy atom. The van der Waals surface area contributed by atoms with Crippen LogP contribution in [0.3, 0.4) is 0 Å². The van der Waals surface area contributed by atoms with Crippen molar-refractivity contribution in [3.05, 3.63) is 0 Å². The molecule has 0 radical (unpaired) electrons. The van der Waals surface area contributed by atoms with Gasteiger partial charge in [0.25, 0.3) is 0 Å². The van der Waals surface area contributed by atoms with E-state index in [1.165, 1.54) is 0 Å². The highest BCUT2D eigenvalue weighted by molar-refractivity contribution is 5.79. The summed E-state index contributed by atoms with van der Waals surface area (Å²) in [6, 6.07) is 0.235. The first-order valence-electron chi connectivity index (χ1n) is 4.99. The Morgan fingerprint density at radius 3 is 2.27 bits per heavy atom. The number of amides is 1. The molecule has 88 valence electrons. The fraction of sp³-hybridized carbons (Fsp3) is 0.800. The molecule has 3 N–H and O–H groups in total. The van der Waals surface area contributed by atoms with Crippen molar-refractivity contribution in [3.63, 3.8) is 0 Å². The Kier molecular flexibility index (Phi) is 5.28. The van der Waals surface area contributed by atoms with Crippen LogP contribution in [-0.2, 0) is 9.59 Å². The number of hydrogen-bond acceptors (Lipinski definition) is 3. The topological polar surface area (TPSA) is 78.4 Å². The van der Waals surface area contributed by atoms with E-state index >= 15 is 0 Å². The van der Waals surface area contributed by atoms with Crippen molar-refractivity contribution in [2.45, 2.75) is 45.7 Å². The second-order valence-corrected chi connectivity index (χ2v) is 4.54. The van der Waals surface area contributed by atoms with E-state index in [0.29, 0.717) is 0 Å². The second-order valence-electron chi connectivity index (χ2n) is 4.54. The van der Waals surface area contributed by atoms with Crippen molar-refractivity contribution in [1.29, 1.82) is 0 Å². The average Bonchev–Trinajstić information content (AvgIpc) is 1.96. The van der Waals surface area contributed by atoms with Crippen molar-refractivity contribution in [3.8, 4) is 0 Å². The van der Waals surface area contributed by atoms with Gasteiger partial charge in [-0.25, -0.2) is 0 Å². The van der Waals surface area contributed by atoms with Crippen LogP contribution in [0.15, 0.2) is 0 Å². The zero-order valence-electron chi connectivity index (χ0n) is 9.76. The molecule has 15 heavy (non-hydrogen) atoms. The van der Waals surface area contributed by atoms with Gasteiger partial charge in [0.1, 0.15) is 0 Å². The van der Waals surface area contributed by atoms with E-state index in [0.717, 1.165) is 0 Å². The van der Waals surface area contributed by atoms with Crippen LogP contribution in [0.4, 0.5) is 0 Å². The van der Waals surface area contributed by atoms with Crippen LogP contribution >= 0.6 is 0 Å². The van der Waals surface area contributed by atoms with Crippen molar-refractivity contribution < 1.29 is 14.7 Å². The molecule has 0 aliphatic heterocycles. The normalized spacial score (nSPS) is 11.5. The quantitative estimate of drug-likeness (QED) is 0.599. The van der Waals surface area contributed by atoms with Crippen molar-refractivity contribution >= 4 is 11.9 Å². The predicted octanol–water partition coefficient (Wildman–Crippen LogP) is 0.354. The molecule has 0 fully saturated rings. The summed E-state index contributed by atoms with van der Waals surface area (Å²) in [6.07, 6.45) is -0.0829. The monoisotopic (exact) mass is 216 g/mol. The zero-order valence-corrected chi connectivity index (χ0v) is 9.76. The van der Waals surface area contributed by atoms with Gasteiger partial charge in [0, 0.05) is 11.6 Å². The summed E-state index contributed by atoms with van der Waals surface area (Å²) in [5.74, 6) is -1.10. The number of nitrogens with one attached hydrogen (secondary N) is 2. The molecule has 0 aromatic rings. The van der Waals surface area contributed by atoms with Crippen LogP contribution in [0.2, 0.25) is 0 Å². The zero-order chi connectivity index (χ0) is 12.1. The lowest BCUT2D eigenvalue weighted by molar-refractivity contribution is -0.138. The highest BCUT2D eigenvalue weighted by Crippen LogP contribution is 2.07. The first kappa shape index (κ1) is 13.9. The van der Waals surface area contributed by atoms with Gasteiger partial charge in [-0.15, -0.1) is 0 Å². The van der Waals surface area contributed by atoms with Crippen LogP contribution in [0, 0.1) is 0 Å². The summed E-state index contributed by atoms with van der Waals surface area (Å²) in [5, 5.41) is 14.2. The highest BCUT2D eigenvalue weighted by Gasteiger charge is 2.23. The molecule has 0 aromatic carbocycles. The first-order chi connectivity index (χ1) is 6.73. The molecule has 1 amide bonds. The third-order valence-electron chi connectivity index (χ3n) is 1.74. The Labute approximate surface area is 90.2 Å². The number of carboxylic acid groups (broad SMARTS) is 1. The third kappa shape index (κ3) is 7.93. The third-order valence-corrected chi connectivity index (χ3v) is 1.74. The largest absolute Gasteiger partial charge is 0.481 e. The van der Waals surface area contributed by atoms with Crippen molar-refractivity contribution in [1.82, 2.24) is 10.6 Å². The SMILES string of the molecule is CC(C)NCC(=O)NC(C)(C)CC(=O)O. The second kappa shape index (κ2) is 5.70. The van der Waals surface area contributed by atoms with Gasteiger partial charge in [0.15, 0.2) is 0 Å². The van der Waals surface area contributed by atoms with Gasteiger partial charge in [0.2, 0.25) is 5.91 Å². The fourth-order valence-electron chi connectivity index (χ4n) is 1.14. The minimum absolute atomic E-state index is 0.0829. The van der Waals surface area contributed by atoms with Gasteiger partial charge < -0.3 is 15.7 Å². The number of carboxylic acids is 1. The molecule has 5 nitrogen and oxygen atoms in total. The van der Waals surface area contributed by atoms with E-state index in [1.807, 2.05) is 13.8 Å². The Bertz CT molecular complexity index is 237. The highest BCUT2D eigenvalue weighted by atomic mass is 16.4. The Balaban J connectivity index is 3.98. The molecule has 0 heterocycles. The van der Waals surface area contributed by atoms with E-state index in [2.05, 4.69) is 10.6 Å². The van der Waals surface area contributed by atoms with Gasteiger partial charge in [-0.05, 0) is 13.8 Å². The molecule has 0 aliphatic carbocycles. The minimum Gasteiger partial charge on any atom is -0.481 e. The maximum Gasteiger partial charge on any atom is 0.305 e. The first-order valence-corrected chi connectivity index (χ1v) is 4.99. The van der Waals surface area contributed by atoms with E-state index in [-0.39, 0.29) is 24.9 Å². The number of aliphatic carboxylic acids is 1. The van der Waals surface area contributed by atoms with Crippen LogP contribution < -0.4 is 10.6 Å². The van der Waals surface area contributed by atoms with Crippen molar-refractivity contribution in [2.24, 2.45) is 0 Å². The smallest absolute Gasteiger partial charge is 0.305 e. The molecular weight excluding hydrogens is 196 g/mol. The fourth-order valence-corrected chi connectivity index (χ4v) is 1.14. The Morgan fingerprint density at radius 2 is 1.87 bits per heavy atom. The maximum atomic E-state index is 11.4. The van der Waals surface area contributed by atoms with Crippen LogP contribution in [0.1, 0.15) is 34.1 Å². The summed E-state index contributed by atoms with van der Waals surface area (Å²) in [5.41, 5.74) is -0.707. The number of carbonyl (C=O) groups is 2. The lowest BCUT2D eigenvalue weighted by atomic mass is 10.0.